The van der Waals surface area contributed by atoms with Gasteiger partial charge in [0.25, 0.3) is 0 Å². The van der Waals surface area contributed by atoms with Gasteiger partial charge in [-0.2, -0.15) is 0 Å². The lowest BCUT2D eigenvalue weighted by Crippen LogP contribution is -2.41. The number of hydrogen-bond donors (Lipinski definition) is 2. The Labute approximate surface area is 293 Å². The third-order valence-corrected chi connectivity index (χ3v) is 7.87. The van der Waals surface area contributed by atoms with E-state index < -0.39 is 11.7 Å². The summed E-state index contributed by atoms with van der Waals surface area (Å²) >= 11 is 0. The molecule has 0 unspecified atom stereocenters. The molecule has 0 fully saturated rings. The first kappa shape index (κ1) is 43.8. The third kappa shape index (κ3) is 21.0. The van der Waals surface area contributed by atoms with E-state index in [1.165, 1.54) is 6.42 Å². The summed E-state index contributed by atoms with van der Waals surface area (Å²) in [5.41, 5.74) is 0.0210. The highest BCUT2D eigenvalue weighted by atomic mass is 16.6. The Kier molecular flexibility index (Phi) is 15.7. The van der Waals surface area contributed by atoms with Gasteiger partial charge in [-0.3, -0.25) is 9.48 Å². The Hall–Kier alpha value is -2.20. The summed E-state index contributed by atoms with van der Waals surface area (Å²) in [6.45, 7) is 37.3. The maximum Gasteiger partial charge on any atom is 0.407 e. The molecule has 0 saturated carbocycles. The summed E-state index contributed by atoms with van der Waals surface area (Å²) in [4.78, 5) is 24.9. The largest absolute Gasteiger partial charge is 0.444 e. The second kappa shape index (κ2) is 17.1. The van der Waals surface area contributed by atoms with Gasteiger partial charge in [0.2, 0.25) is 5.91 Å². The fourth-order valence-corrected chi connectivity index (χ4v) is 5.09. The fraction of sp³-hybridized carbons (Fsp3) is 0.895. The van der Waals surface area contributed by atoms with Gasteiger partial charge in [-0.15, -0.1) is 5.10 Å². The van der Waals surface area contributed by atoms with E-state index in [-0.39, 0.29) is 33.0 Å². The van der Waals surface area contributed by atoms with Gasteiger partial charge < -0.3 is 24.8 Å². The van der Waals surface area contributed by atoms with E-state index in [1.807, 2.05) is 39.3 Å². The van der Waals surface area contributed by atoms with Crippen molar-refractivity contribution in [2.45, 2.75) is 149 Å². The topological polar surface area (TPSA) is 117 Å². The minimum Gasteiger partial charge on any atom is -0.444 e. The van der Waals surface area contributed by atoms with E-state index in [9.17, 15) is 9.59 Å². The third-order valence-electron chi connectivity index (χ3n) is 7.87. The lowest BCUT2D eigenvalue weighted by atomic mass is 9.77. The zero-order valence-corrected chi connectivity index (χ0v) is 33.7. The van der Waals surface area contributed by atoms with Crippen LogP contribution in [0.5, 0.6) is 0 Å². The summed E-state index contributed by atoms with van der Waals surface area (Å²) in [7, 11) is 0. The van der Waals surface area contributed by atoms with Crippen molar-refractivity contribution < 1.29 is 23.8 Å². The molecule has 1 rings (SSSR count). The van der Waals surface area contributed by atoms with Gasteiger partial charge in [0.1, 0.15) is 5.60 Å². The first-order valence-electron chi connectivity index (χ1n) is 17.8. The highest BCUT2D eigenvalue weighted by Gasteiger charge is 2.29. The number of amides is 2. The molecule has 1 aromatic rings. The number of alkyl carbamates (subject to hydrolysis) is 1. The molecule has 0 radical (unpaired) electrons. The van der Waals surface area contributed by atoms with Crippen LogP contribution in [0.4, 0.5) is 4.79 Å². The van der Waals surface area contributed by atoms with E-state index in [1.54, 1.807) is 0 Å². The molecule has 280 valence electrons. The average Bonchev–Trinajstić information content (AvgIpc) is 3.28. The van der Waals surface area contributed by atoms with Gasteiger partial charge in [0.05, 0.1) is 32.1 Å². The quantitative estimate of drug-likeness (QED) is 0.144. The summed E-state index contributed by atoms with van der Waals surface area (Å²) in [6, 6.07) is 0. The van der Waals surface area contributed by atoms with Gasteiger partial charge in [-0.25, -0.2) is 4.79 Å². The van der Waals surface area contributed by atoms with Crippen molar-refractivity contribution in [1.82, 2.24) is 25.6 Å². The number of ether oxygens (including phenoxy) is 3. The maximum absolute atomic E-state index is 12.9. The number of aromatic nitrogens is 3. The Morgan fingerprint density at radius 3 is 1.69 bits per heavy atom. The van der Waals surface area contributed by atoms with Crippen LogP contribution in [0.25, 0.3) is 0 Å². The first-order chi connectivity index (χ1) is 21.5. The number of rotatable bonds is 20. The summed E-state index contributed by atoms with van der Waals surface area (Å²) in [5, 5.41) is 14.8. The standard InChI is InChI=1S/C38H73N5O5/c1-32(2,3)17-18-34(7,8)19-29-21-43(42-41-29)24-38(15,16)28-46-25-35(9,10)20-30(44)39-22-36(11,12)26-47-27-37(13,14)23-40-31(45)48-33(4,5)6/h21H,17-20,22-28H2,1-16H3,(H,39,44)(H,40,45). The maximum atomic E-state index is 12.9. The molecule has 0 aliphatic heterocycles. The summed E-state index contributed by atoms with van der Waals surface area (Å²) in [5.74, 6) is -0.00149. The average molecular weight is 680 g/mol. The van der Waals surface area contributed by atoms with Gasteiger partial charge in [0.15, 0.2) is 0 Å². The van der Waals surface area contributed by atoms with Crippen LogP contribution in [0.15, 0.2) is 6.20 Å². The molecule has 0 atom stereocenters. The van der Waals surface area contributed by atoms with E-state index >= 15 is 0 Å². The second-order valence-electron chi connectivity index (χ2n) is 20.3. The molecule has 48 heavy (non-hydrogen) atoms. The molecule has 0 aliphatic carbocycles. The molecule has 2 amide bonds. The first-order valence-corrected chi connectivity index (χ1v) is 17.8. The summed E-state index contributed by atoms with van der Waals surface area (Å²) in [6.07, 6.45) is 5.25. The molecule has 0 aliphatic rings. The Bertz CT molecular complexity index is 1140. The smallest absolute Gasteiger partial charge is 0.407 e. The number of carbonyl (C=O) groups is 2. The van der Waals surface area contributed by atoms with E-state index in [2.05, 4.69) is 103 Å². The van der Waals surface area contributed by atoms with Crippen molar-refractivity contribution in [3.05, 3.63) is 11.9 Å². The van der Waals surface area contributed by atoms with Gasteiger partial charge >= 0.3 is 6.09 Å². The zero-order valence-electron chi connectivity index (χ0n) is 33.7. The normalized spacial score (nSPS) is 13.8. The molecule has 1 heterocycles. The van der Waals surface area contributed by atoms with Crippen LogP contribution in [-0.2, 0) is 32.0 Å². The Morgan fingerprint density at radius 1 is 0.667 bits per heavy atom. The number of nitrogens with zero attached hydrogens (tertiary/aromatic N) is 3. The molecule has 0 spiro atoms. The minimum absolute atomic E-state index is 0.00149. The predicted molar refractivity (Wildman–Crippen MR) is 195 cm³/mol. The van der Waals surface area contributed by atoms with Crippen molar-refractivity contribution in [1.29, 1.82) is 0 Å². The van der Waals surface area contributed by atoms with E-state index in [4.69, 9.17) is 14.2 Å². The summed E-state index contributed by atoms with van der Waals surface area (Å²) < 4.78 is 19.5. The highest BCUT2D eigenvalue weighted by Crippen LogP contribution is 2.33. The molecule has 10 nitrogen and oxygen atoms in total. The molecule has 0 bridgehead atoms. The molecular weight excluding hydrogens is 606 g/mol. The van der Waals surface area contributed by atoms with Gasteiger partial charge in [-0.1, -0.05) is 95.2 Å². The molecule has 2 N–H and O–H groups in total. The Morgan fingerprint density at radius 2 is 1.17 bits per heavy atom. The lowest BCUT2D eigenvalue weighted by Gasteiger charge is -2.31. The van der Waals surface area contributed by atoms with Gasteiger partial charge in [-0.05, 0) is 56.3 Å². The van der Waals surface area contributed by atoms with Crippen LogP contribution in [0.3, 0.4) is 0 Å². The minimum atomic E-state index is -0.536. The van der Waals surface area contributed by atoms with E-state index in [0.29, 0.717) is 57.9 Å². The Balaban J connectivity index is 2.44. The molecular formula is C38H73N5O5. The van der Waals surface area contributed by atoms with Crippen molar-refractivity contribution in [3.8, 4) is 0 Å². The number of carbonyl (C=O) groups excluding carboxylic acids is 2. The van der Waals surface area contributed by atoms with Crippen LogP contribution in [0, 0.1) is 32.5 Å². The SMILES string of the molecule is CC(C)(C)CCC(C)(C)Cc1cn(CC(C)(C)COCC(C)(C)CC(=O)NCC(C)(C)COCC(C)(C)CNC(=O)OC(C)(C)C)nn1. The van der Waals surface area contributed by atoms with Crippen LogP contribution >= 0.6 is 0 Å². The zero-order chi connectivity index (χ0) is 37.2. The fourth-order valence-electron chi connectivity index (χ4n) is 5.09. The predicted octanol–water partition coefficient (Wildman–Crippen LogP) is 7.84. The van der Waals surface area contributed by atoms with Crippen LogP contribution < -0.4 is 10.6 Å². The molecule has 0 saturated heterocycles. The number of hydrogen-bond acceptors (Lipinski definition) is 7. The van der Waals surface area contributed by atoms with Crippen LogP contribution in [0.1, 0.15) is 136 Å². The van der Waals surface area contributed by atoms with Crippen molar-refractivity contribution in [3.63, 3.8) is 0 Å². The van der Waals surface area contributed by atoms with Crippen LogP contribution in [-0.4, -0.2) is 72.1 Å². The molecule has 1 aromatic heterocycles. The van der Waals surface area contributed by atoms with Crippen molar-refractivity contribution >= 4 is 12.0 Å². The molecule has 0 aromatic carbocycles. The van der Waals surface area contributed by atoms with Gasteiger partial charge in [0, 0.05) is 48.5 Å². The highest BCUT2D eigenvalue weighted by molar-refractivity contribution is 5.76. The lowest BCUT2D eigenvalue weighted by molar-refractivity contribution is -0.125. The second-order valence-corrected chi connectivity index (χ2v) is 20.3. The van der Waals surface area contributed by atoms with Crippen molar-refractivity contribution in [2.24, 2.45) is 32.5 Å². The van der Waals surface area contributed by atoms with Crippen molar-refractivity contribution in [2.75, 3.05) is 39.5 Å². The number of nitrogens with one attached hydrogen (secondary N) is 2. The monoisotopic (exact) mass is 680 g/mol. The molecule has 10 heteroatoms. The van der Waals surface area contributed by atoms with Crippen LogP contribution in [0.2, 0.25) is 0 Å². The van der Waals surface area contributed by atoms with E-state index in [0.717, 1.165) is 18.5 Å².